The second kappa shape index (κ2) is 10.1. The van der Waals surface area contributed by atoms with Gasteiger partial charge in [0.2, 0.25) is 0 Å². The summed E-state index contributed by atoms with van der Waals surface area (Å²) in [6.45, 7) is 1.93. The van der Waals surface area contributed by atoms with E-state index < -0.39 is 0 Å². The van der Waals surface area contributed by atoms with E-state index >= 15 is 0 Å². The maximum Gasteiger partial charge on any atom is 0.270 e. The van der Waals surface area contributed by atoms with Crippen LogP contribution in [0.1, 0.15) is 36.8 Å². The normalized spacial score (nSPS) is 10.3. The van der Waals surface area contributed by atoms with E-state index in [1.165, 1.54) is 12.8 Å². The Morgan fingerprint density at radius 2 is 0.962 bits per heavy atom. The van der Waals surface area contributed by atoms with E-state index in [1.54, 1.807) is 0 Å². The predicted molar refractivity (Wildman–Crippen MR) is 109 cm³/mol. The highest BCUT2D eigenvalue weighted by molar-refractivity contribution is 5.93. The molecule has 2 aromatic rings. The maximum absolute atomic E-state index is 5.56. The van der Waals surface area contributed by atoms with E-state index in [-0.39, 0.29) is 0 Å². The van der Waals surface area contributed by atoms with Gasteiger partial charge in [0.15, 0.2) is 0 Å². The highest BCUT2D eigenvalue weighted by Crippen LogP contribution is 2.11. The van der Waals surface area contributed by atoms with Gasteiger partial charge in [-0.1, -0.05) is 12.8 Å². The van der Waals surface area contributed by atoms with Crippen LogP contribution in [-0.2, 0) is 0 Å². The molecule has 0 amide bonds. The van der Waals surface area contributed by atoms with Gasteiger partial charge >= 0.3 is 0 Å². The second-order valence-corrected chi connectivity index (χ2v) is 6.33. The fourth-order valence-electron chi connectivity index (χ4n) is 2.63. The third-order valence-corrected chi connectivity index (χ3v) is 4.20. The number of nitrogens with two attached hydrogens (primary N) is 4. The van der Waals surface area contributed by atoms with Crippen LogP contribution >= 0.6 is 0 Å². The minimum Gasteiger partial charge on any atom is -0.385 e. The summed E-state index contributed by atoms with van der Waals surface area (Å²) in [5.74, 6) is 0.700. The molecule has 0 bridgehead atoms. The predicted octanol–water partition coefficient (Wildman–Crippen LogP) is -0.300. The average molecular weight is 355 g/mol. The van der Waals surface area contributed by atoms with Crippen LogP contribution in [-0.4, -0.2) is 24.8 Å². The zero-order valence-corrected chi connectivity index (χ0v) is 15.2. The molecule has 0 aliphatic heterocycles. The molecule has 10 N–H and O–H groups in total. The van der Waals surface area contributed by atoms with Gasteiger partial charge in [-0.15, -0.1) is 0 Å². The summed E-state index contributed by atoms with van der Waals surface area (Å²) in [5.41, 5.74) is 15.0. The van der Waals surface area contributed by atoms with Crippen LogP contribution < -0.4 is 32.9 Å². The Hall–Kier alpha value is -3.02. The SMILES string of the molecule is NC(=[NH2+])c1ccc(NCCCCCCNc2ccc(C(N)=[NH2+])cc2)cc1. The van der Waals surface area contributed by atoms with E-state index in [4.69, 9.17) is 22.3 Å². The molecule has 6 heteroatoms. The number of amidine groups is 2. The second-order valence-electron chi connectivity index (χ2n) is 6.33. The molecule has 0 spiro atoms. The number of anilines is 2. The highest BCUT2D eigenvalue weighted by Gasteiger charge is 2.01. The Bertz CT molecular complexity index is 643. The number of unbranched alkanes of at least 4 members (excludes halogenated alkanes) is 3. The van der Waals surface area contributed by atoms with Crippen molar-refractivity contribution in [1.82, 2.24) is 0 Å². The number of rotatable bonds is 11. The summed E-state index contributed by atoms with van der Waals surface area (Å²) in [6, 6.07) is 15.7. The molecule has 0 aromatic heterocycles. The molecule has 0 fully saturated rings. The van der Waals surface area contributed by atoms with E-state index in [9.17, 15) is 0 Å². The quantitative estimate of drug-likeness (QED) is 0.188. The molecule has 0 atom stereocenters. The van der Waals surface area contributed by atoms with E-state index in [0.717, 1.165) is 48.4 Å². The van der Waals surface area contributed by atoms with E-state index in [2.05, 4.69) is 10.6 Å². The lowest BCUT2D eigenvalue weighted by atomic mass is 10.1. The van der Waals surface area contributed by atoms with Gasteiger partial charge in [0, 0.05) is 24.5 Å². The topological polar surface area (TPSA) is 127 Å². The smallest absolute Gasteiger partial charge is 0.270 e. The van der Waals surface area contributed by atoms with Gasteiger partial charge in [-0.3, -0.25) is 22.3 Å². The molecule has 0 aliphatic carbocycles. The lowest BCUT2D eigenvalue weighted by Crippen LogP contribution is -2.46. The summed E-state index contributed by atoms with van der Waals surface area (Å²) < 4.78 is 0. The van der Waals surface area contributed by atoms with Crippen molar-refractivity contribution < 1.29 is 10.8 Å². The molecular formula is C20H30N6+2. The van der Waals surface area contributed by atoms with Crippen molar-refractivity contribution in [2.45, 2.75) is 25.7 Å². The van der Waals surface area contributed by atoms with Gasteiger partial charge in [-0.05, 0) is 61.4 Å². The van der Waals surface area contributed by atoms with Crippen LogP contribution in [0.15, 0.2) is 48.5 Å². The zero-order chi connectivity index (χ0) is 18.8. The summed E-state index contributed by atoms with van der Waals surface area (Å²) in [5, 5.41) is 17.9. The van der Waals surface area contributed by atoms with Crippen molar-refractivity contribution in [2.75, 3.05) is 23.7 Å². The minimum absolute atomic E-state index is 0.350. The van der Waals surface area contributed by atoms with Gasteiger partial charge in [0.1, 0.15) is 0 Å². The van der Waals surface area contributed by atoms with Crippen molar-refractivity contribution >= 4 is 23.0 Å². The number of benzene rings is 2. The first-order chi connectivity index (χ1) is 12.6. The van der Waals surface area contributed by atoms with Crippen molar-refractivity contribution in [1.29, 1.82) is 0 Å². The summed E-state index contributed by atoms with van der Waals surface area (Å²) in [6.07, 6.45) is 4.70. The third kappa shape index (κ3) is 6.47. The van der Waals surface area contributed by atoms with Gasteiger partial charge in [-0.2, -0.15) is 0 Å². The highest BCUT2D eigenvalue weighted by atomic mass is 14.9. The first-order valence-corrected chi connectivity index (χ1v) is 9.00. The van der Waals surface area contributed by atoms with Crippen LogP contribution in [0.2, 0.25) is 0 Å². The molecule has 26 heavy (non-hydrogen) atoms. The fraction of sp³-hybridized carbons (Fsp3) is 0.300. The Morgan fingerprint density at radius 3 is 1.27 bits per heavy atom. The Morgan fingerprint density at radius 1 is 0.615 bits per heavy atom. The van der Waals surface area contributed by atoms with Crippen molar-refractivity contribution in [2.24, 2.45) is 11.5 Å². The number of nitrogens with one attached hydrogen (secondary N) is 2. The van der Waals surface area contributed by atoms with Crippen molar-refractivity contribution in [3.63, 3.8) is 0 Å². The molecule has 0 unspecified atom stereocenters. The van der Waals surface area contributed by atoms with Gasteiger partial charge in [-0.25, -0.2) is 0 Å². The summed E-state index contributed by atoms with van der Waals surface area (Å²) in [7, 11) is 0. The first-order valence-electron chi connectivity index (χ1n) is 9.00. The number of hydrogen-bond donors (Lipinski definition) is 6. The standard InChI is InChI=1S/C20H28N6/c21-19(22)15-5-9-17(10-6-15)25-13-3-1-2-4-14-26-18-11-7-16(8-12-18)20(23)24/h5-12,25-26H,1-4,13-14H2,(H3,21,22)(H3,23,24)/p+2. The Labute approximate surface area is 155 Å². The van der Waals surface area contributed by atoms with Crippen LogP contribution in [0.4, 0.5) is 11.4 Å². The minimum atomic E-state index is 0.350. The van der Waals surface area contributed by atoms with Gasteiger partial charge in [0.25, 0.3) is 11.7 Å². The molecule has 2 aromatic carbocycles. The van der Waals surface area contributed by atoms with Crippen LogP contribution in [0, 0.1) is 0 Å². The Kier molecular flexibility index (Phi) is 7.49. The summed E-state index contributed by atoms with van der Waals surface area (Å²) >= 11 is 0. The zero-order valence-electron chi connectivity index (χ0n) is 15.2. The average Bonchev–Trinajstić information content (AvgIpc) is 2.64. The summed E-state index contributed by atoms with van der Waals surface area (Å²) in [4.78, 5) is 0. The fourth-order valence-corrected chi connectivity index (χ4v) is 2.63. The molecule has 138 valence electrons. The molecule has 0 aliphatic rings. The van der Waals surface area contributed by atoms with Gasteiger partial charge < -0.3 is 10.6 Å². The number of hydrogen-bond acceptors (Lipinski definition) is 2. The van der Waals surface area contributed by atoms with E-state index in [1.807, 2.05) is 48.5 Å². The van der Waals surface area contributed by atoms with Crippen molar-refractivity contribution in [3.05, 3.63) is 59.7 Å². The van der Waals surface area contributed by atoms with Crippen LogP contribution in [0.5, 0.6) is 0 Å². The third-order valence-electron chi connectivity index (χ3n) is 4.20. The molecular weight excluding hydrogens is 324 g/mol. The van der Waals surface area contributed by atoms with Gasteiger partial charge in [0.05, 0.1) is 11.1 Å². The monoisotopic (exact) mass is 354 g/mol. The van der Waals surface area contributed by atoms with Crippen molar-refractivity contribution in [3.8, 4) is 0 Å². The maximum atomic E-state index is 5.56. The van der Waals surface area contributed by atoms with E-state index in [0.29, 0.717) is 11.7 Å². The molecule has 6 nitrogen and oxygen atoms in total. The molecule has 0 radical (unpaired) electrons. The van der Waals surface area contributed by atoms with Crippen LogP contribution in [0.3, 0.4) is 0 Å². The molecule has 2 rings (SSSR count). The lowest BCUT2D eigenvalue weighted by Gasteiger charge is -2.08. The Balaban J connectivity index is 1.52. The molecule has 0 heterocycles. The largest absolute Gasteiger partial charge is 0.385 e. The molecule has 0 saturated heterocycles. The molecule has 0 saturated carbocycles. The lowest BCUT2D eigenvalue weighted by molar-refractivity contribution is -0.115. The van der Waals surface area contributed by atoms with Crippen LogP contribution in [0.25, 0.3) is 0 Å². The first kappa shape index (κ1) is 19.3.